The fourth-order valence-electron chi connectivity index (χ4n) is 4.38. The van der Waals surface area contributed by atoms with Crippen molar-refractivity contribution in [2.24, 2.45) is 0 Å². The molecule has 1 saturated heterocycles. The van der Waals surface area contributed by atoms with Crippen molar-refractivity contribution in [3.05, 3.63) is 52.2 Å². The molecule has 7 heteroatoms. The second-order valence-electron chi connectivity index (χ2n) is 8.48. The van der Waals surface area contributed by atoms with Gasteiger partial charge in [0, 0.05) is 38.6 Å². The Morgan fingerprint density at radius 3 is 2.73 bits per heavy atom. The van der Waals surface area contributed by atoms with Crippen molar-refractivity contribution in [3.8, 4) is 0 Å². The minimum atomic E-state index is -0.0316. The van der Waals surface area contributed by atoms with E-state index in [9.17, 15) is 9.59 Å². The zero-order valence-electron chi connectivity index (χ0n) is 17.8. The van der Waals surface area contributed by atoms with Crippen molar-refractivity contribution in [1.29, 1.82) is 0 Å². The molecule has 2 aliphatic rings. The number of piperidine rings is 1. The van der Waals surface area contributed by atoms with E-state index in [0.717, 1.165) is 50.9 Å². The minimum absolute atomic E-state index is 0.0316. The Bertz CT molecular complexity index is 901. The lowest BCUT2D eigenvalue weighted by molar-refractivity contribution is -0.132. The molecule has 30 heavy (non-hydrogen) atoms. The molecule has 0 spiro atoms. The van der Waals surface area contributed by atoms with Gasteiger partial charge in [-0.25, -0.2) is 9.48 Å². The minimum Gasteiger partial charge on any atom is -0.383 e. The van der Waals surface area contributed by atoms with Crippen LogP contribution in [0.25, 0.3) is 0 Å². The van der Waals surface area contributed by atoms with Crippen LogP contribution >= 0.6 is 0 Å². The molecule has 1 saturated carbocycles. The topological polar surface area (TPSA) is 69.4 Å². The van der Waals surface area contributed by atoms with Gasteiger partial charge in [-0.3, -0.25) is 9.36 Å². The summed E-state index contributed by atoms with van der Waals surface area (Å²) in [6.07, 6.45) is 6.37. The standard InChI is InChI=1S/C23H32N4O3/c1-30-16-15-26-23(29)27(20-12-13-20)22(24-26)19-10-6-14-25(17-19)21(28)11-5-9-18-7-3-2-4-8-18/h2-4,7-8,19-20H,5-6,9-17H2,1H3. The summed E-state index contributed by atoms with van der Waals surface area (Å²) in [6.45, 7) is 2.41. The lowest BCUT2D eigenvalue weighted by Crippen LogP contribution is -2.40. The summed E-state index contributed by atoms with van der Waals surface area (Å²) in [7, 11) is 1.63. The van der Waals surface area contributed by atoms with Crippen LogP contribution in [-0.4, -0.2) is 52.0 Å². The summed E-state index contributed by atoms with van der Waals surface area (Å²) >= 11 is 0. The number of benzene rings is 1. The quantitative estimate of drug-likeness (QED) is 0.635. The highest BCUT2D eigenvalue weighted by molar-refractivity contribution is 5.76. The Balaban J connectivity index is 1.40. The van der Waals surface area contributed by atoms with Crippen molar-refractivity contribution in [3.63, 3.8) is 0 Å². The fraction of sp³-hybridized carbons (Fsp3) is 0.609. The summed E-state index contributed by atoms with van der Waals surface area (Å²) < 4.78 is 8.56. The van der Waals surface area contributed by atoms with E-state index in [1.54, 1.807) is 7.11 Å². The number of aromatic nitrogens is 3. The van der Waals surface area contributed by atoms with Crippen LogP contribution in [0.4, 0.5) is 0 Å². The summed E-state index contributed by atoms with van der Waals surface area (Å²) in [5.74, 6) is 1.21. The third-order valence-electron chi connectivity index (χ3n) is 6.15. The maximum atomic E-state index is 12.8. The first-order valence-electron chi connectivity index (χ1n) is 11.2. The van der Waals surface area contributed by atoms with Crippen molar-refractivity contribution >= 4 is 5.91 Å². The van der Waals surface area contributed by atoms with Gasteiger partial charge in [0.15, 0.2) is 0 Å². The molecule has 0 N–H and O–H groups in total. The summed E-state index contributed by atoms with van der Waals surface area (Å²) in [6, 6.07) is 10.6. The number of carbonyl (C=O) groups is 1. The van der Waals surface area contributed by atoms with Crippen LogP contribution in [0, 0.1) is 0 Å². The van der Waals surface area contributed by atoms with Gasteiger partial charge < -0.3 is 9.64 Å². The molecule has 1 atom stereocenters. The summed E-state index contributed by atoms with van der Waals surface area (Å²) in [5, 5.41) is 4.68. The zero-order valence-corrected chi connectivity index (χ0v) is 17.8. The molecule has 0 radical (unpaired) electrons. The highest BCUT2D eigenvalue weighted by Crippen LogP contribution is 2.37. The van der Waals surface area contributed by atoms with E-state index in [0.29, 0.717) is 26.1 Å². The van der Waals surface area contributed by atoms with Crippen LogP contribution < -0.4 is 5.69 Å². The highest BCUT2D eigenvalue weighted by Gasteiger charge is 2.35. The molecule has 0 bridgehead atoms. The third-order valence-corrected chi connectivity index (χ3v) is 6.15. The lowest BCUT2D eigenvalue weighted by Gasteiger charge is -2.32. The molecule has 1 aromatic heterocycles. The van der Waals surface area contributed by atoms with Crippen molar-refractivity contribution in [2.45, 2.75) is 63.5 Å². The number of ether oxygens (including phenoxy) is 1. The summed E-state index contributed by atoms with van der Waals surface area (Å²) in [4.78, 5) is 27.6. The Hall–Kier alpha value is -2.41. The van der Waals surface area contributed by atoms with E-state index in [1.165, 1.54) is 10.2 Å². The first-order chi connectivity index (χ1) is 14.7. The molecular weight excluding hydrogens is 380 g/mol. The number of methoxy groups -OCH3 is 1. The SMILES string of the molecule is COCCn1nc(C2CCCN(C(=O)CCCc3ccccc3)C2)n(C2CC2)c1=O. The number of rotatable bonds is 9. The first kappa shape index (κ1) is 20.8. The highest BCUT2D eigenvalue weighted by atomic mass is 16.5. The van der Waals surface area contributed by atoms with Gasteiger partial charge in [-0.2, -0.15) is 5.10 Å². The zero-order chi connectivity index (χ0) is 20.9. The van der Waals surface area contributed by atoms with Crippen LogP contribution in [-0.2, 0) is 22.5 Å². The fourth-order valence-corrected chi connectivity index (χ4v) is 4.38. The molecule has 2 heterocycles. The Morgan fingerprint density at radius 1 is 1.20 bits per heavy atom. The van der Waals surface area contributed by atoms with Gasteiger partial charge in [0.2, 0.25) is 5.91 Å². The number of aryl methyl sites for hydroxylation is 1. The van der Waals surface area contributed by atoms with Crippen molar-refractivity contribution in [1.82, 2.24) is 19.2 Å². The molecule has 2 aromatic rings. The van der Waals surface area contributed by atoms with Gasteiger partial charge in [0.05, 0.1) is 13.2 Å². The number of hydrogen-bond donors (Lipinski definition) is 0. The predicted molar refractivity (Wildman–Crippen MR) is 115 cm³/mol. The normalized spacial score (nSPS) is 19.2. The molecule has 2 fully saturated rings. The maximum absolute atomic E-state index is 12.8. The van der Waals surface area contributed by atoms with Gasteiger partial charge in [0.1, 0.15) is 5.82 Å². The van der Waals surface area contributed by atoms with E-state index in [1.807, 2.05) is 27.7 Å². The number of likely N-dealkylation sites (tertiary alicyclic amines) is 1. The third kappa shape index (κ3) is 4.83. The molecule has 7 nitrogen and oxygen atoms in total. The predicted octanol–water partition coefficient (Wildman–Crippen LogP) is 2.76. The number of amides is 1. The van der Waals surface area contributed by atoms with Crippen LogP contribution in [0.1, 0.15) is 61.9 Å². The van der Waals surface area contributed by atoms with E-state index < -0.39 is 0 Å². The smallest absolute Gasteiger partial charge is 0.346 e. The van der Waals surface area contributed by atoms with E-state index in [-0.39, 0.29) is 23.6 Å². The largest absolute Gasteiger partial charge is 0.383 e. The maximum Gasteiger partial charge on any atom is 0.346 e. The average Bonchev–Trinajstić information content (AvgIpc) is 3.56. The van der Waals surface area contributed by atoms with Crippen LogP contribution in [0.2, 0.25) is 0 Å². The van der Waals surface area contributed by atoms with Crippen molar-refractivity contribution < 1.29 is 9.53 Å². The van der Waals surface area contributed by atoms with E-state index in [2.05, 4.69) is 17.2 Å². The van der Waals surface area contributed by atoms with E-state index >= 15 is 0 Å². The molecule has 1 aromatic carbocycles. The van der Waals surface area contributed by atoms with Crippen LogP contribution in [0.15, 0.2) is 35.1 Å². The second-order valence-corrected chi connectivity index (χ2v) is 8.48. The van der Waals surface area contributed by atoms with Crippen LogP contribution in [0.3, 0.4) is 0 Å². The Labute approximate surface area is 177 Å². The van der Waals surface area contributed by atoms with E-state index in [4.69, 9.17) is 4.74 Å². The number of carbonyl (C=O) groups excluding carboxylic acids is 1. The molecule has 1 amide bonds. The number of hydrogen-bond acceptors (Lipinski definition) is 4. The molecular formula is C23H32N4O3. The molecule has 162 valence electrons. The second kappa shape index (κ2) is 9.60. The number of nitrogens with zero attached hydrogens (tertiary/aromatic N) is 4. The van der Waals surface area contributed by atoms with Gasteiger partial charge in [0.25, 0.3) is 0 Å². The van der Waals surface area contributed by atoms with Crippen molar-refractivity contribution in [2.75, 3.05) is 26.8 Å². The Morgan fingerprint density at radius 2 is 2.00 bits per heavy atom. The average molecular weight is 413 g/mol. The monoisotopic (exact) mass is 412 g/mol. The van der Waals surface area contributed by atoms with Gasteiger partial charge in [-0.15, -0.1) is 0 Å². The lowest BCUT2D eigenvalue weighted by atomic mass is 9.96. The molecule has 4 rings (SSSR count). The first-order valence-corrected chi connectivity index (χ1v) is 11.2. The molecule has 1 aliphatic carbocycles. The van der Waals surface area contributed by atoms with Gasteiger partial charge >= 0.3 is 5.69 Å². The summed E-state index contributed by atoms with van der Waals surface area (Å²) in [5.41, 5.74) is 1.24. The van der Waals surface area contributed by atoms with Crippen LogP contribution in [0.5, 0.6) is 0 Å². The van der Waals surface area contributed by atoms with Gasteiger partial charge in [-0.05, 0) is 44.1 Å². The molecule has 1 aliphatic heterocycles. The Kier molecular flexibility index (Phi) is 6.67. The van der Waals surface area contributed by atoms with Gasteiger partial charge in [-0.1, -0.05) is 30.3 Å². The molecule has 1 unspecified atom stereocenters.